The number of esters is 1. The molecule has 1 aromatic carbocycles. The van der Waals surface area contributed by atoms with E-state index >= 15 is 0 Å². The molecule has 0 aliphatic heterocycles. The van der Waals surface area contributed by atoms with Gasteiger partial charge in [0.2, 0.25) is 0 Å². The van der Waals surface area contributed by atoms with Crippen molar-refractivity contribution >= 4 is 17.0 Å². The lowest BCUT2D eigenvalue weighted by atomic mass is 9.93. The topological polar surface area (TPSA) is 64.3 Å². The number of aromatic nitrogens is 2. The smallest absolute Gasteiger partial charge is 0.432 e. The predicted octanol–water partition coefficient (Wildman–Crippen LogP) is 3.40. The molecule has 0 aliphatic rings. The molecular weight excluding hydrogens is 361 g/mol. The molecule has 1 N–H and O–H groups in total. The van der Waals surface area contributed by atoms with Gasteiger partial charge in [0.25, 0.3) is 5.60 Å². The van der Waals surface area contributed by atoms with Gasteiger partial charge in [-0.3, -0.25) is 0 Å². The van der Waals surface area contributed by atoms with Gasteiger partial charge in [0.15, 0.2) is 0 Å². The van der Waals surface area contributed by atoms with E-state index in [2.05, 4.69) is 9.72 Å². The van der Waals surface area contributed by atoms with Gasteiger partial charge in [-0.05, 0) is 24.6 Å². The molecule has 0 fully saturated rings. The highest BCUT2D eigenvalue weighted by Crippen LogP contribution is 2.43. The van der Waals surface area contributed by atoms with Crippen LogP contribution in [0.3, 0.4) is 0 Å². The summed E-state index contributed by atoms with van der Waals surface area (Å²) >= 11 is 0. The Morgan fingerprint density at radius 2 is 1.89 bits per heavy atom. The second-order valence-corrected chi connectivity index (χ2v) is 5.96. The van der Waals surface area contributed by atoms with E-state index in [0.29, 0.717) is 0 Å². The van der Waals surface area contributed by atoms with E-state index in [0.717, 1.165) is 11.8 Å². The Hall–Kier alpha value is -2.87. The number of carbonyl (C=O) groups is 1. The zero-order valence-electron chi connectivity index (χ0n) is 14.4. The molecule has 0 spiro atoms. The molecule has 2 heterocycles. The molecule has 1 atom stereocenters. The van der Waals surface area contributed by atoms with Crippen molar-refractivity contribution in [1.82, 2.24) is 9.55 Å². The molecule has 0 aliphatic carbocycles. The van der Waals surface area contributed by atoms with Gasteiger partial charge in [0.1, 0.15) is 5.65 Å². The van der Waals surface area contributed by atoms with Crippen LogP contribution in [0.1, 0.15) is 18.1 Å². The first-order valence-electron chi connectivity index (χ1n) is 8.23. The average molecular weight is 378 g/mol. The summed E-state index contributed by atoms with van der Waals surface area (Å²) in [5.41, 5.74) is -3.33. The summed E-state index contributed by atoms with van der Waals surface area (Å²) in [5, 5.41) is 10.5. The van der Waals surface area contributed by atoms with E-state index in [1.807, 2.05) is 18.2 Å². The highest BCUT2D eigenvalue weighted by molar-refractivity contribution is 5.91. The number of ether oxygens (including phenoxy) is 1. The van der Waals surface area contributed by atoms with Crippen LogP contribution in [0.25, 0.3) is 11.0 Å². The van der Waals surface area contributed by atoms with Crippen LogP contribution in [0.5, 0.6) is 0 Å². The Morgan fingerprint density at radius 3 is 2.52 bits per heavy atom. The van der Waals surface area contributed by atoms with Crippen molar-refractivity contribution in [3.05, 3.63) is 66.0 Å². The van der Waals surface area contributed by atoms with Gasteiger partial charge in [0.05, 0.1) is 6.61 Å². The van der Waals surface area contributed by atoms with Crippen molar-refractivity contribution in [3.63, 3.8) is 0 Å². The van der Waals surface area contributed by atoms with Gasteiger partial charge < -0.3 is 14.4 Å². The molecule has 0 saturated carbocycles. The first-order chi connectivity index (χ1) is 12.8. The van der Waals surface area contributed by atoms with Crippen LogP contribution in [-0.4, -0.2) is 33.4 Å². The normalized spacial score (nSPS) is 14.1. The average Bonchev–Trinajstić information content (AvgIpc) is 3.00. The number of rotatable bonds is 5. The lowest BCUT2D eigenvalue weighted by molar-refractivity contribution is -0.267. The molecule has 2 aromatic heterocycles. The first-order valence-corrected chi connectivity index (χ1v) is 8.23. The number of hydrogen-bond acceptors (Lipinski definition) is 4. The molecule has 3 rings (SSSR count). The lowest BCUT2D eigenvalue weighted by Crippen LogP contribution is -2.50. The highest BCUT2D eigenvalue weighted by Gasteiger charge is 2.63. The van der Waals surface area contributed by atoms with Crippen LogP contribution < -0.4 is 0 Å². The van der Waals surface area contributed by atoms with E-state index in [-0.39, 0.29) is 24.2 Å². The number of carbonyl (C=O) groups excluding carboxylic acids is 1. The molecule has 142 valence electrons. The van der Waals surface area contributed by atoms with Crippen LogP contribution in [0.15, 0.2) is 54.9 Å². The number of nitrogens with zero attached hydrogens (tertiary/aromatic N) is 2. The van der Waals surface area contributed by atoms with Gasteiger partial charge in [-0.15, -0.1) is 0 Å². The molecule has 3 aromatic rings. The van der Waals surface area contributed by atoms with E-state index in [1.165, 1.54) is 29.8 Å². The molecule has 8 heteroatoms. The van der Waals surface area contributed by atoms with Crippen molar-refractivity contribution in [1.29, 1.82) is 0 Å². The standard InChI is InChI=1S/C19H17F3N2O3/c1-2-27-17(25)18(26,19(20,21)22)15-12-24(11-13-7-4-3-5-8-13)16-14(15)9-6-10-23-16/h3-10,12,26H,2,11H2,1H3. The molecular formula is C19H17F3N2O3. The van der Waals surface area contributed by atoms with Crippen molar-refractivity contribution in [2.24, 2.45) is 0 Å². The fraction of sp³-hybridized carbons (Fsp3) is 0.263. The van der Waals surface area contributed by atoms with E-state index in [1.54, 1.807) is 12.1 Å². The third kappa shape index (κ3) is 3.28. The Kier molecular flexibility index (Phi) is 4.93. The Bertz CT molecular complexity index is 954. The molecule has 1 unspecified atom stereocenters. The zero-order valence-corrected chi connectivity index (χ0v) is 14.4. The van der Waals surface area contributed by atoms with Gasteiger partial charge in [-0.1, -0.05) is 30.3 Å². The van der Waals surface area contributed by atoms with Crippen LogP contribution in [-0.2, 0) is 21.7 Å². The highest BCUT2D eigenvalue weighted by atomic mass is 19.4. The quantitative estimate of drug-likeness (QED) is 0.692. The second kappa shape index (κ2) is 7.03. The summed E-state index contributed by atoms with van der Waals surface area (Å²) in [7, 11) is 0. The summed E-state index contributed by atoms with van der Waals surface area (Å²) in [5.74, 6) is -1.76. The maximum absolute atomic E-state index is 13.7. The number of fused-ring (bicyclic) bond motifs is 1. The summed E-state index contributed by atoms with van der Waals surface area (Å²) < 4.78 is 47.2. The number of halogens is 3. The summed E-state index contributed by atoms with van der Waals surface area (Å²) in [6.45, 7) is 1.30. The second-order valence-electron chi connectivity index (χ2n) is 5.96. The third-order valence-electron chi connectivity index (χ3n) is 4.20. The lowest BCUT2D eigenvalue weighted by Gasteiger charge is -2.27. The van der Waals surface area contributed by atoms with Crippen LogP contribution in [0, 0.1) is 0 Å². The zero-order chi connectivity index (χ0) is 19.7. The molecule has 0 bridgehead atoms. The Morgan fingerprint density at radius 1 is 1.19 bits per heavy atom. The number of pyridine rings is 1. The van der Waals surface area contributed by atoms with Crippen molar-refractivity contribution in [2.45, 2.75) is 25.2 Å². The van der Waals surface area contributed by atoms with Gasteiger partial charge in [-0.2, -0.15) is 13.2 Å². The van der Waals surface area contributed by atoms with Crippen molar-refractivity contribution in [2.75, 3.05) is 6.61 Å². The van der Waals surface area contributed by atoms with Crippen LogP contribution in [0.4, 0.5) is 13.2 Å². The van der Waals surface area contributed by atoms with Gasteiger partial charge >= 0.3 is 12.1 Å². The number of aliphatic hydroxyl groups is 1. The molecule has 0 saturated heterocycles. The van der Waals surface area contributed by atoms with Gasteiger partial charge in [0, 0.05) is 29.9 Å². The molecule has 27 heavy (non-hydrogen) atoms. The maximum atomic E-state index is 13.7. The van der Waals surface area contributed by atoms with E-state index in [4.69, 9.17) is 0 Å². The Balaban J connectivity index is 2.20. The van der Waals surface area contributed by atoms with E-state index < -0.39 is 23.3 Å². The van der Waals surface area contributed by atoms with Gasteiger partial charge in [-0.25, -0.2) is 9.78 Å². The van der Waals surface area contributed by atoms with Crippen LogP contribution >= 0.6 is 0 Å². The van der Waals surface area contributed by atoms with Crippen molar-refractivity contribution in [3.8, 4) is 0 Å². The summed E-state index contributed by atoms with van der Waals surface area (Å²) in [4.78, 5) is 16.2. The first kappa shape index (κ1) is 18.9. The monoisotopic (exact) mass is 378 g/mol. The molecule has 0 radical (unpaired) electrons. The predicted molar refractivity (Wildman–Crippen MR) is 91.9 cm³/mol. The Labute approximate surface area is 153 Å². The van der Waals surface area contributed by atoms with Crippen LogP contribution in [0.2, 0.25) is 0 Å². The largest absolute Gasteiger partial charge is 0.463 e. The summed E-state index contributed by atoms with van der Waals surface area (Å²) in [6, 6.07) is 11.9. The molecule has 0 amide bonds. The maximum Gasteiger partial charge on any atom is 0.432 e. The number of hydrogen-bond donors (Lipinski definition) is 1. The fourth-order valence-corrected chi connectivity index (χ4v) is 2.93. The third-order valence-corrected chi connectivity index (χ3v) is 4.20. The van der Waals surface area contributed by atoms with E-state index in [9.17, 15) is 23.1 Å². The minimum atomic E-state index is -5.26. The fourth-order valence-electron chi connectivity index (χ4n) is 2.93. The summed E-state index contributed by atoms with van der Waals surface area (Å²) in [6.07, 6.45) is -2.72. The number of benzene rings is 1. The minimum absolute atomic E-state index is 0.0290. The molecule has 5 nitrogen and oxygen atoms in total. The van der Waals surface area contributed by atoms with Crippen molar-refractivity contribution < 1.29 is 27.8 Å². The minimum Gasteiger partial charge on any atom is -0.463 e. The SMILES string of the molecule is CCOC(=O)C(O)(c1cn(Cc2ccccc2)c2ncccc12)C(F)(F)F. The number of alkyl halides is 3.